The van der Waals surface area contributed by atoms with E-state index in [4.69, 9.17) is 11.6 Å². The first kappa shape index (κ1) is 15.4. The van der Waals surface area contributed by atoms with Gasteiger partial charge in [-0.2, -0.15) is 0 Å². The molecule has 0 aliphatic heterocycles. The van der Waals surface area contributed by atoms with Gasteiger partial charge in [-0.05, 0) is 19.4 Å². The van der Waals surface area contributed by atoms with Crippen LogP contribution in [0.5, 0.6) is 0 Å². The maximum Gasteiger partial charge on any atom is 0.273 e. The molecule has 0 fully saturated rings. The van der Waals surface area contributed by atoms with Crippen molar-refractivity contribution in [2.24, 2.45) is 0 Å². The van der Waals surface area contributed by atoms with Gasteiger partial charge < -0.3 is 5.32 Å². The fourth-order valence-electron chi connectivity index (χ4n) is 1.67. The van der Waals surface area contributed by atoms with Crippen LogP contribution < -0.4 is 5.32 Å². The highest BCUT2D eigenvalue weighted by atomic mass is 35.5. The molecule has 0 aliphatic rings. The Morgan fingerprint density at radius 1 is 1.53 bits per heavy atom. The van der Waals surface area contributed by atoms with E-state index in [9.17, 15) is 14.9 Å². The van der Waals surface area contributed by atoms with Crippen LogP contribution in [-0.4, -0.2) is 22.8 Å². The average Bonchev–Trinajstić information content (AvgIpc) is 2.36. The number of nitrogens with one attached hydrogen (secondary N) is 1. The molecule has 104 valence electrons. The predicted octanol–water partition coefficient (Wildman–Crippen LogP) is 3.04. The van der Waals surface area contributed by atoms with Crippen LogP contribution in [0.4, 0.5) is 5.69 Å². The third-order valence-corrected chi connectivity index (χ3v) is 3.13. The van der Waals surface area contributed by atoms with Crippen LogP contribution in [0.25, 0.3) is 0 Å². The minimum absolute atomic E-state index is 0.0522. The maximum absolute atomic E-state index is 11.8. The van der Waals surface area contributed by atoms with Crippen LogP contribution in [0, 0.1) is 17.0 Å². The van der Waals surface area contributed by atoms with Gasteiger partial charge in [-0.3, -0.25) is 14.9 Å². The lowest BCUT2D eigenvalue weighted by Crippen LogP contribution is -2.29. The second kappa shape index (κ2) is 7.09. The summed E-state index contributed by atoms with van der Waals surface area (Å²) in [7, 11) is 0. The molecule has 0 aromatic heterocycles. The Kier molecular flexibility index (Phi) is 5.76. The van der Waals surface area contributed by atoms with Gasteiger partial charge in [-0.15, -0.1) is 11.6 Å². The number of amides is 1. The molecule has 0 heterocycles. The van der Waals surface area contributed by atoms with Crippen molar-refractivity contribution < 1.29 is 9.72 Å². The zero-order chi connectivity index (χ0) is 14.4. The van der Waals surface area contributed by atoms with E-state index < -0.39 is 4.92 Å². The molecular formula is C13H17ClN2O3. The van der Waals surface area contributed by atoms with Crippen molar-refractivity contribution in [1.29, 1.82) is 0 Å². The molecule has 0 spiro atoms. The lowest BCUT2D eigenvalue weighted by molar-refractivity contribution is -0.385. The minimum Gasteiger partial charge on any atom is -0.351 e. The molecule has 0 aliphatic carbocycles. The second-order valence-electron chi connectivity index (χ2n) is 4.35. The normalized spacial score (nSPS) is 11.9. The van der Waals surface area contributed by atoms with Gasteiger partial charge in [0.05, 0.1) is 10.3 Å². The average molecular weight is 285 g/mol. The second-order valence-corrected chi connectivity index (χ2v) is 4.97. The summed E-state index contributed by atoms with van der Waals surface area (Å²) in [6, 6.07) is 4.42. The molecule has 1 rings (SSSR count). The number of carbonyl (C=O) groups is 1. The molecule has 1 amide bonds. The minimum atomic E-state index is -0.493. The van der Waals surface area contributed by atoms with Crippen LogP contribution >= 0.6 is 11.6 Å². The predicted molar refractivity (Wildman–Crippen MR) is 74.7 cm³/mol. The van der Waals surface area contributed by atoms with Crippen molar-refractivity contribution in [3.8, 4) is 0 Å². The monoisotopic (exact) mass is 284 g/mol. The largest absolute Gasteiger partial charge is 0.351 e. The van der Waals surface area contributed by atoms with E-state index in [0.717, 1.165) is 12.8 Å². The van der Waals surface area contributed by atoms with Crippen LogP contribution in [0.15, 0.2) is 18.2 Å². The Morgan fingerprint density at radius 3 is 2.79 bits per heavy atom. The molecular weight excluding hydrogens is 268 g/mol. The number of alkyl halides is 1. The third kappa shape index (κ3) is 4.52. The van der Waals surface area contributed by atoms with Crippen LogP contribution in [0.2, 0.25) is 0 Å². The molecule has 19 heavy (non-hydrogen) atoms. The standard InChI is InChI=1S/C13H17ClN2O3/c1-3-4-11(14)8-15-13(17)10-6-5-9(2)12(7-10)16(18)19/h5-7,11H,3-4,8H2,1-2H3,(H,15,17). The first-order valence-electron chi connectivity index (χ1n) is 6.13. The molecule has 1 N–H and O–H groups in total. The van der Waals surface area contributed by atoms with Gasteiger partial charge in [0.2, 0.25) is 0 Å². The zero-order valence-corrected chi connectivity index (χ0v) is 11.7. The van der Waals surface area contributed by atoms with E-state index >= 15 is 0 Å². The molecule has 6 heteroatoms. The fourth-order valence-corrected chi connectivity index (χ4v) is 1.96. The molecule has 0 saturated heterocycles. The van der Waals surface area contributed by atoms with E-state index in [1.807, 2.05) is 6.92 Å². The number of nitrogens with zero attached hydrogens (tertiary/aromatic N) is 1. The van der Waals surface area contributed by atoms with Crippen molar-refractivity contribution in [1.82, 2.24) is 5.32 Å². The number of aryl methyl sites for hydroxylation is 1. The molecule has 0 radical (unpaired) electrons. The van der Waals surface area contributed by atoms with Gasteiger partial charge in [0.15, 0.2) is 0 Å². The molecule has 1 aromatic carbocycles. The Balaban J connectivity index is 2.72. The van der Waals surface area contributed by atoms with Crippen LogP contribution in [-0.2, 0) is 0 Å². The number of hydrogen-bond donors (Lipinski definition) is 1. The van der Waals surface area contributed by atoms with Gasteiger partial charge in [-0.1, -0.05) is 19.4 Å². The molecule has 0 bridgehead atoms. The lowest BCUT2D eigenvalue weighted by atomic mass is 10.1. The van der Waals surface area contributed by atoms with Gasteiger partial charge in [-0.25, -0.2) is 0 Å². The zero-order valence-electron chi connectivity index (χ0n) is 11.0. The van der Waals surface area contributed by atoms with E-state index in [1.54, 1.807) is 19.1 Å². The summed E-state index contributed by atoms with van der Waals surface area (Å²) < 4.78 is 0. The Bertz CT molecular complexity index is 477. The number of halogens is 1. The molecule has 1 unspecified atom stereocenters. The number of rotatable bonds is 6. The summed E-state index contributed by atoms with van der Waals surface area (Å²) in [6.45, 7) is 4.01. The molecule has 5 nitrogen and oxygen atoms in total. The van der Waals surface area contributed by atoms with Gasteiger partial charge in [0.25, 0.3) is 11.6 Å². The SMILES string of the molecule is CCCC(Cl)CNC(=O)c1ccc(C)c([N+](=O)[O-])c1. The molecule has 0 saturated carbocycles. The van der Waals surface area contributed by atoms with Gasteiger partial charge in [0, 0.05) is 23.7 Å². The van der Waals surface area contributed by atoms with Crippen molar-refractivity contribution in [3.63, 3.8) is 0 Å². The van der Waals surface area contributed by atoms with E-state index in [-0.39, 0.29) is 22.5 Å². The number of nitro benzene ring substituents is 1. The Morgan fingerprint density at radius 2 is 2.21 bits per heavy atom. The number of nitro groups is 1. The maximum atomic E-state index is 11.8. The van der Waals surface area contributed by atoms with Crippen LogP contribution in [0.3, 0.4) is 0 Å². The Labute approximate surface area is 117 Å². The van der Waals surface area contributed by atoms with Crippen molar-refractivity contribution in [2.45, 2.75) is 32.1 Å². The summed E-state index contributed by atoms with van der Waals surface area (Å²) in [4.78, 5) is 22.2. The lowest BCUT2D eigenvalue weighted by Gasteiger charge is -2.10. The van der Waals surface area contributed by atoms with E-state index in [2.05, 4.69) is 5.32 Å². The molecule has 1 aromatic rings. The van der Waals surface area contributed by atoms with Crippen molar-refractivity contribution in [3.05, 3.63) is 39.4 Å². The highest BCUT2D eigenvalue weighted by Crippen LogP contribution is 2.19. The smallest absolute Gasteiger partial charge is 0.273 e. The quantitative estimate of drug-likeness (QED) is 0.496. The fraction of sp³-hybridized carbons (Fsp3) is 0.462. The number of carbonyl (C=O) groups excluding carboxylic acids is 1. The first-order chi connectivity index (χ1) is 8.95. The number of benzene rings is 1. The number of hydrogen-bond acceptors (Lipinski definition) is 3. The highest BCUT2D eigenvalue weighted by Gasteiger charge is 2.15. The third-order valence-electron chi connectivity index (χ3n) is 2.75. The van der Waals surface area contributed by atoms with Crippen molar-refractivity contribution in [2.75, 3.05) is 6.54 Å². The van der Waals surface area contributed by atoms with Gasteiger partial charge in [0.1, 0.15) is 0 Å². The highest BCUT2D eigenvalue weighted by molar-refractivity contribution is 6.20. The Hall–Kier alpha value is -1.62. The summed E-state index contributed by atoms with van der Waals surface area (Å²) in [6.07, 6.45) is 1.76. The van der Waals surface area contributed by atoms with E-state index in [0.29, 0.717) is 12.1 Å². The van der Waals surface area contributed by atoms with E-state index in [1.165, 1.54) is 6.07 Å². The van der Waals surface area contributed by atoms with Crippen LogP contribution in [0.1, 0.15) is 35.7 Å². The molecule has 1 atom stereocenters. The topological polar surface area (TPSA) is 72.2 Å². The van der Waals surface area contributed by atoms with Gasteiger partial charge >= 0.3 is 0 Å². The summed E-state index contributed by atoms with van der Waals surface area (Å²) >= 11 is 6.00. The van der Waals surface area contributed by atoms with Crippen molar-refractivity contribution >= 4 is 23.2 Å². The summed E-state index contributed by atoms with van der Waals surface area (Å²) in [5.41, 5.74) is 0.754. The first-order valence-corrected chi connectivity index (χ1v) is 6.56. The summed E-state index contributed by atoms with van der Waals surface area (Å²) in [5, 5.41) is 13.4. The summed E-state index contributed by atoms with van der Waals surface area (Å²) in [5.74, 6) is -0.343.